The van der Waals surface area contributed by atoms with Gasteiger partial charge in [0.05, 0.1) is 18.4 Å². The van der Waals surface area contributed by atoms with Crippen molar-refractivity contribution >= 4 is 5.69 Å². The molecule has 1 aromatic carbocycles. The zero-order valence-electron chi connectivity index (χ0n) is 8.22. The minimum Gasteiger partial charge on any atom is -0.396 e. The topological polar surface area (TPSA) is 43.8 Å². The first-order valence-corrected chi connectivity index (χ1v) is 4.61. The van der Waals surface area contributed by atoms with Gasteiger partial charge in [-0.15, -0.1) is 6.42 Å². The number of terminal acetylenes is 1. The molecule has 0 spiro atoms. The summed E-state index contributed by atoms with van der Waals surface area (Å²) in [5.74, 6) is 2.60. The molecule has 0 aliphatic heterocycles. The summed E-state index contributed by atoms with van der Waals surface area (Å²) < 4.78 is 1.78. The molecule has 0 aliphatic rings. The van der Waals surface area contributed by atoms with Crippen LogP contribution in [0, 0.1) is 12.3 Å². The molecular formula is C12H11N3. The van der Waals surface area contributed by atoms with Crippen LogP contribution in [-0.4, -0.2) is 9.78 Å². The predicted molar refractivity (Wildman–Crippen MR) is 60.1 cm³/mol. The van der Waals surface area contributed by atoms with Crippen molar-refractivity contribution in [3.05, 3.63) is 47.8 Å². The first kappa shape index (κ1) is 9.35. The summed E-state index contributed by atoms with van der Waals surface area (Å²) in [5, 5.41) is 4.11. The number of nitrogens with zero attached hydrogens (tertiary/aromatic N) is 2. The number of anilines is 1. The lowest BCUT2D eigenvalue weighted by atomic mass is 10.1. The Kier molecular flexibility index (Phi) is 2.42. The van der Waals surface area contributed by atoms with Gasteiger partial charge in [0.25, 0.3) is 0 Å². The van der Waals surface area contributed by atoms with E-state index in [4.69, 9.17) is 12.2 Å². The van der Waals surface area contributed by atoms with Crippen LogP contribution in [0.25, 0.3) is 0 Å². The molecule has 3 nitrogen and oxygen atoms in total. The van der Waals surface area contributed by atoms with Crippen LogP contribution in [0.1, 0.15) is 11.1 Å². The molecule has 0 fully saturated rings. The molecule has 0 aliphatic carbocycles. The van der Waals surface area contributed by atoms with E-state index in [1.54, 1.807) is 17.1 Å². The maximum absolute atomic E-state index is 5.57. The Morgan fingerprint density at radius 3 is 3.00 bits per heavy atom. The highest BCUT2D eigenvalue weighted by Gasteiger charge is 1.97. The lowest BCUT2D eigenvalue weighted by Gasteiger charge is -2.01. The number of rotatable bonds is 2. The largest absolute Gasteiger partial charge is 0.396 e. The summed E-state index contributed by atoms with van der Waals surface area (Å²) >= 11 is 0. The van der Waals surface area contributed by atoms with E-state index in [2.05, 4.69) is 11.0 Å². The first-order chi connectivity index (χ1) is 7.28. The summed E-state index contributed by atoms with van der Waals surface area (Å²) in [4.78, 5) is 0. The molecular weight excluding hydrogens is 186 g/mol. The van der Waals surface area contributed by atoms with Crippen LogP contribution in [0.4, 0.5) is 5.69 Å². The number of hydrogen-bond donors (Lipinski definition) is 1. The molecule has 0 unspecified atom stereocenters. The van der Waals surface area contributed by atoms with Crippen LogP contribution in [0.3, 0.4) is 0 Å². The Balaban J connectivity index is 2.21. The molecule has 0 atom stereocenters. The van der Waals surface area contributed by atoms with Gasteiger partial charge in [-0.25, -0.2) is 0 Å². The van der Waals surface area contributed by atoms with Crippen molar-refractivity contribution in [2.24, 2.45) is 0 Å². The van der Waals surface area contributed by atoms with Gasteiger partial charge in [0.2, 0.25) is 0 Å². The Labute approximate surface area is 88.5 Å². The lowest BCUT2D eigenvalue weighted by molar-refractivity contribution is 0.687. The van der Waals surface area contributed by atoms with Crippen molar-refractivity contribution in [1.29, 1.82) is 0 Å². The van der Waals surface area contributed by atoms with E-state index in [-0.39, 0.29) is 0 Å². The Hall–Kier alpha value is -2.21. The summed E-state index contributed by atoms with van der Waals surface area (Å²) in [7, 11) is 0. The molecule has 2 aromatic rings. The number of nitrogens with two attached hydrogens (primary N) is 1. The second kappa shape index (κ2) is 3.89. The summed E-state index contributed by atoms with van der Waals surface area (Å²) in [5.41, 5.74) is 8.24. The SMILES string of the molecule is C#Cc1cccc(Cn2cc(N)cn2)c1. The second-order valence-electron chi connectivity index (χ2n) is 3.32. The number of nitrogen functional groups attached to an aromatic ring is 1. The molecule has 2 N–H and O–H groups in total. The van der Waals surface area contributed by atoms with Gasteiger partial charge in [0, 0.05) is 11.8 Å². The highest BCUT2D eigenvalue weighted by molar-refractivity contribution is 5.36. The Bertz CT molecular complexity index is 506. The molecule has 0 saturated heterocycles. The average molecular weight is 197 g/mol. The number of benzene rings is 1. The van der Waals surface area contributed by atoms with Gasteiger partial charge in [0.1, 0.15) is 0 Å². The standard InChI is InChI=1S/C12H11N3/c1-2-10-4-3-5-11(6-10)8-15-9-12(13)7-14-15/h1,3-7,9H,8,13H2. The van der Waals surface area contributed by atoms with Crippen LogP contribution >= 0.6 is 0 Å². The third kappa shape index (κ3) is 2.18. The van der Waals surface area contributed by atoms with E-state index < -0.39 is 0 Å². The minimum atomic E-state index is 0.670. The molecule has 15 heavy (non-hydrogen) atoms. The molecule has 1 aromatic heterocycles. The van der Waals surface area contributed by atoms with Crippen molar-refractivity contribution in [2.45, 2.75) is 6.54 Å². The predicted octanol–water partition coefficient (Wildman–Crippen LogP) is 1.49. The van der Waals surface area contributed by atoms with Crippen LogP contribution in [-0.2, 0) is 6.54 Å². The van der Waals surface area contributed by atoms with Gasteiger partial charge in [0.15, 0.2) is 0 Å². The molecule has 2 rings (SSSR count). The van der Waals surface area contributed by atoms with Gasteiger partial charge >= 0.3 is 0 Å². The van der Waals surface area contributed by atoms with Gasteiger partial charge in [-0.2, -0.15) is 5.10 Å². The fraction of sp³-hybridized carbons (Fsp3) is 0.0833. The molecule has 0 amide bonds. The normalized spacial score (nSPS) is 9.80. The van der Waals surface area contributed by atoms with Crippen LogP contribution in [0.5, 0.6) is 0 Å². The van der Waals surface area contributed by atoms with Gasteiger partial charge in [-0.05, 0) is 17.7 Å². The molecule has 0 saturated carbocycles. The quantitative estimate of drug-likeness (QED) is 0.741. The van der Waals surface area contributed by atoms with E-state index >= 15 is 0 Å². The van der Waals surface area contributed by atoms with Crippen molar-refractivity contribution in [1.82, 2.24) is 9.78 Å². The molecule has 0 bridgehead atoms. The zero-order valence-corrected chi connectivity index (χ0v) is 8.22. The minimum absolute atomic E-state index is 0.670. The molecule has 74 valence electrons. The summed E-state index contributed by atoms with van der Waals surface area (Å²) in [6, 6.07) is 7.83. The number of aromatic nitrogens is 2. The maximum Gasteiger partial charge on any atom is 0.0719 e. The highest BCUT2D eigenvalue weighted by atomic mass is 15.3. The van der Waals surface area contributed by atoms with Crippen molar-refractivity contribution < 1.29 is 0 Å². The fourth-order valence-corrected chi connectivity index (χ4v) is 1.41. The van der Waals surface area contributed by atoms with Gasteiger partial charge in [-0.1, -0.05) is 18.1 Å². The van der Waals surface area contributed by atoms with E-state index in [0.29, 0.717) is 12.2 Å². The second-order valence-corrected chi connectivity index (χ2v) is 3.32. The van der Waals surface area contributed by atoms with Crippen LogP contribution in [0.2, 0.25) is 0 Å². The number of hydrogen-bond acceptors (Lipinski definition) is 2. The molecule has 0 radical (unpaired) electrons. The van der Waals surface area contributed by atoms with E-state index in [9.17, 15) is 0 Å². The van der Waals surface area contributed by atoms with E-state index in [0.717, 1.165) is 11.1 Å². The average Bonchev–Trinajstić information content (AvgIpc) is 2.64. The van der Waals surface area contributed by atoms with Gasteiger partial charge in [-0.3, -0.25) is 4.68 Å². The van der Waals surface area contributed by atoms with E-state index in [1.807, 2.05) is 24.3 Å². The Morgan fingerprint density at radius 2 is 2.33 bits per heavy atom. The zero-order chi connectivity index (χ0) is 10.7. The molecule has 1 heterocycles. The van der Waals surface area contributed by atoms with Crippen molar-refractivity contribution in [3.8, 4) is 12.3 Å². The first-order valence-electron chi connectivity index (χ1n) is 4.61. The smallest absolute Gasteiger partial charge is 0.0719 e. The van der Waals surface area contributed by atoms with Crippen molar-refractivity contribution in [3.63, 3.8) is 0 Å². The fourth-order valence-electron chi connectivity index (χ4n) is 1.41. The van der Waals surface area contributed by atoms with Crippen LogP contribution < -0.4 is 5.73 Å². The maximum atomic E-state index is 5.57. The third-order valence-corrected chi connectivity index (χ3v) is 2.09. The summed E-state index contributed by atoms with van der Waals surface area (Å²) in [6.45, 7) is 0.687. The van der Waals surface area contributed by atoms with Gasteiger partial charge < -0.3 is 5.73 Å². The van der Waals surface area contributed by atoms with Crippen molar-refractivity contribution in [2.75, 3.05) is 5.73 Å². The monoisotopic (exact) mass is 197 g/mol. The van der Waals surface area contributed by atoms with Crippen LogP contribution in [0.15, 0.2) is 36.7 Å². The van der Waals surface area contributed by atoms with E-state index in [1.165, 1.54) is 0 Å². The third-order valence-electron chi connectivity index (χ3n) is 2.09. The lowest BCUT2D eigenvalue weighted by Crippen LogP contribution is -1.99. The summed E-state index contributed by atoms with van der Waals surface area (Å²) in [6.07, 6.45) is 8.75. The Morgan fingerprint density at radius 1 is 1.47 bits per heavy atom. The molecule has 3 heteroatoms. The highest BCUT2D eigenvalue weighted by Crippen LogP contribution is 2.07.